The summed E-state index contributed by atoms with van der Waals surface area (Å²) in [7, 11) is 0. The summed E-state index contributed by atoms with van der Waals surface area (Å²) in [4.78, 5) is 60.2. The van der Waals surface area contributed by atoms with Crippen LogP contribution in [0.5, 0.6) is 0 Å². The lowest BCUT2D eigenvalue weighted by molar-refractivity contribution is -0.137. The minimum absolute atomic E-state index is 0.0391. The molecule has 148 valence electrons. The molecule has 5 amide bonds. The summed E-state index contributed by atoms with van der Waals surface area (Å²) >= 11 is 0. The molecule has 0 bridgehead atoms. The van der Waals surface area contributed by atoms with Gasteiger partial charge in [-0.15, -0.1) is 0 Å². The first-order valence-electron chi connectivity index (χ1n) is 8.85. The predicted octanol–water partition coefficient (Wildman–Crippen LogP) is 0.262. The number of carbonyl (C=O) groups is 5. The summed E-state index contributed by atoms with van der Waals surface area (Å²) in [5.41, 5.74) is 6.38. The van der Waals surface area contributed by atoms with Gasteiger partial charge in [0.2, 0.25) is 17.7 Å². The van der Waals surface area contributed by atoms with Crippen LogP contribution in [-0.4, -0.2) is 47.3 Å². The van der Waals surface area contributed by atoms with Crippen molar-refractivity contribution >= 4 is 35.4 Å². The zero-order valence-corrected chi connectivity index (χ0v) is 15.0. The van der Waals surface area contributed by atoms with Gasteiger partial charge < -0.3 is 20.7 Å². The minimum atomic E-state index is -0.895. The number of nitrogens with one attached hydrogen (secondary N) is 2. The van der Waals surface area contributed by atoms with E-state index in [1.807, 2.05) is 0 Å². The number of fused-ring (bicyclic) bond motifs is 1. The van der Waals surface area contributed by atoms with Crippen molar-refractivity contribution in [2.75, 3.05) is 11.9 Å². The number of hydrogen-bond donors (Lipinski definition) is 3. The smallest absolute Gasteiger partial charge is 0.404 e. The highest BCUT2D eigenvalue weighted by Crippen LogP contribution is 2.32. The molecule has 1 saturated heterocycles. The molecule has 10 nitrogen and oxygen atoms in total. The number of hydrogen-bond acceptors (Lipinski definition) is 6. The molecule has 10 heteroatoms. The van der Waals surface area contributed by atoms with Crippen molar-refractivity contribution in [1.29, 1.82) is 0 Å². The van der Waals surface area contributed by atoms with Gasteiger partial charge in [0.15, 0.2) is 0 Å². The molecule has 1 aromatic rings. The molecule has 1 aromatic carbocycles. The van der Waals surface area contributed by atoms with Crippen molar-refractivity contribution in [3.63, 3.8) is 0 Å². The van der Waals surface area contributed by atoms with E-state index in [1.165, 1.54) is 4.90 Å². The van der Waals surface area contributed by atoms with Crippen LogP contribution in [0.2, 0.25) is 0 Å². The van der Waals surface area contributed by atoms with Crippen molar-refractivity contribution < 1.29 is 28.7 Å². The summed E-state index contributed by atoms with van der Waals surface area (Å²) < 4.78 is 4.58. The van der Waals surface area contributed by atoms with E-state index >= 15 is 0 Å². The van der Waals surface area contributed by atoms with Gasteiger partial charge in [0, 0.05) is 36.2 Å². The number of ether oxygens (including phenoxy) is 1. The Morgan fingerprint density at radius 1 is 1.29 bits per heavy atom. The average molecular weight is 388 g/mol. The molecule has 2 aliphatic rings. The van der Waals surface area contributed by atoms with Crippen LogP contribution in [0.15, 0.2) is 18.2 Å². The van der Waals surface area contributed by atoms with E-state index in [4.69, 9.17) is 5.73 Å². The lowest BCUT2D eigenvalue weighted by Gasteiger charge is -2.29. The number of nitrogens with two attached hydrogens (primary N) is 1. The number of amides is 5. The third-order valence-corrected chi connectivity index (χ3v) is 4.65. The molecule has 2 aliphatic heterocycles. The quantitative estimate of drug-likeness (QED) is 0.470. The highest BCUT2D eigenvalue weighted by atomic mass is 16.5. The highest BCUT2D eigenvalue weighted by molar-refractivity contribution is 6.06. The van der Waals surface area contributed by atoms with Gasteiger partial charge in [-0.3, -0.25) is 24.5 Å². The Balaban J connectivity index is 1.66. The number of rotatable bonds is 6. The molecule has 4 N–H and O–H groups in total. The SMILES string of the molecule is NC(=O)OCCCC(=O)Nc1cccc2c1CN(C1CCC(=O)NC1=O)C2=O. The number of benzene rings is 1. The second-order valence-corrected chi connectivity index (χ2v) is 6.55. The first-order chi connectivity index (χ1) is 13.4. The monoisotopic (exact) mass is 388 g/mol. The molecule has 0 radical (unpaired) electrons. The summed E-state index contributed by atoms with van der Waals surface area (Å²) in [6.07, 6.45) is -0.0277. The van der Waals surface area contributed by atoms with E-state index in [0.717, 1.165) is 0 Å². The minimum Gasteiger partial charge on any atom is -0.450 e. The maximum atomic E-state index is 12.7. The van der Waals surface area contributed by atoms with Crippen molar-refractivity contribution in [2.24, 2.45) is 5.73 Å². The van der Waals surface area contributed by atoms with Gasteiger partial charge in [-0.25, -0.2) is 4.79 Å². The van der Waals surface area contributed by atoms with Gasteiger partial charge in [0.25, 0.3) is 5.91 Å². The third-order valence-electron chi connectivity index (χ3n) is 4.65. The van der Waals surface area contributed by atoms with Gasteiger partial charge in [0.05, 0.1) is 6.61 Å². The Kier molecular flexibility index (Phi) is 5.57. The molecule has 3 rings (SSSR count). The molecular formula is C18H20N4O6. The average Bonchev–Trinajstić information content (AvgIpc) is 2.97. The number of anilines is 1. The van der Waals surface area contributed by atoms with Crippen molar-refractivity contribution in [2.45, 2.75) is 38.3 Å². The maximum absolute atomic E-state index is 12.7. The lowest BCUT2D eigenvalue weighted by atomic mass is 10.0. The predicted molar refractivity (Wildman–Crippen MR) is 95.9 cm³/mol. The molecule has 1 atom stereocenters. The molecule has 0 aliphatic carbocycles. The highest BCUT2D eigenvalue weighted by Gasteiger charge is 2.39. The molecule has 1 unspecified atom stereocenters. The summed E-state index contributed by atoms with van der Waals surface area (Å²) in [6.45, 7) is 0.207. The summed E-state index contributed by atoms with van der Waals surface area (Å²) in [5, 5.41) is 5.00. The van der Waals surface area contributed by atoms with E-state index in [1.54, 1.807) is 18.2 Å². The van der Waals surface area contributed by atoms with Gasteiger partial charge in [0.1, 0.15) is 6.04 Å². The number of piperidine rings is 1. The molecule has 0 saturated carbocycles. The Hall–Kier alpha value is -3.43. The fraction of sp³-hybridized carbons (Fsp3) is 0.389. The lowest BCUT2D eigenvalue weighted by Crippen LogP contribution is -2.52. The van der Waals surface area contributed by atoms with Crippen LogP contribution >= 0.6 is 0 Å². The Morgan fingerprint density at radius 2 is 2.07 bits per heavy atom. The molecule has 2 heterocycles. The van der Waals surface area contributed by atoms with Crippen LogP contribution in [0.4, 0.5) is 10.5 Å². The molecule has 28 heavy (non-hydrogen) atoms. The van der Waals surface area contributed by atoms with Crippen molar-refractivity contribution in [3.8, 4) is 0 Å². The topological polar surface area (TPSA) is 148 Å². The fourth-order valence-electron chi connectivity index (χ4n) is 3.32. The molecular weight excluding hydrogens is 368 g/mol. The van der Waals surface area contributed by atoms with Crippen LogP contribution in [0.3, 0.4) is 0 Å². The van der Waals surface area contributed by atoms with Gasteiger partial charge >= 0.3 is 6.09 Å². The number of imide groups is 1. The standard InChI is InChI=1S/C18H20N4O6/c19-18(27)28-8-2-5-14(23)20-12-4-1-3-10-11(12)9-22(17(10)26)13-6-7-15(24)21-16(13)25/h1,3-4,13H,2,5-9H2,(H2,19,27)(H,20,23)(H,21,24,25). The zero-order chi connectivity index (χ0) is 20.3. The second-order valence-electron chi connectivity index (χ2n) is 6.55. The van der Waals surface area contributed by atoms with E-state index < -0.39 is 18.0 Å². The summed E-state index contributed by atoms with van der Waals surface area (Å²) in [6, 6.07) is 4.25. The van der Waals surface area contributed by atoms with Crippen LogP contribution in [0.25, 0.3) is 0 Å². The fourth-order valence-corrected chi connectivity index (χ4v) is 3.32. The van der Waals surface area contributed by atoms with Crippen LogP contribution < -0.4 is 16.4 Å². The normalized spacial score (nSPS) is 18.5. The summed E-state index contributed by atoms with van der Waals surface area (Å²) in [5.74, 6) is -1.44. The Morgan fingerprint density at radius 3 is 2.79 bits per heavy atom. The van der Waals surface area contributed by atoms with E-state index in [9.17, 15) is 24.0 Å². The van der Waals surface area contributed by atoms with E-state index in [-0.39, 0.29) is 50.1 Å². The van der Waals surface area contributed by atoms with Gasteiger partial charge in [-0.2, -0.15) is 0 Å². The second kappa shape index (κ2) is 8.07. The van der Waals surface area contributed by atoms with Crippen LogP contribution in [-0.2, 0) is 25.7 Å². The molecule has 0 spiro atoms. The van der Waals surface area contributed by atoms with Crippen LogP contribution in [0, 0.1) is 0 Å². The Labute approximate surface area is 160 Å². The van der Waals surface area contributed by atoms with E-state index in [2.05, 4.69) is 15.4 Å². The molecule has 0 aromatic heterocycles. The number of nitrogens with zero attached hydrogens (tertiary/aromatic N) is 1. The molecule has 1 fully saturated rings. The van der Waals surface area contributed by atoms with Gasteiger partial charge in [-0.05, 0) is 25.0 Å². The van der Waals surface area contributed by atoms with Crippen LogP contribution in [0.1, 0.15) is 41.6 Å². The van der Waals surface area contributed by atoms with Crippen molar-refractivity contribution in [1.82, 2.24) is 10.2 Å². The van der Waals surface area contributed by atoms with Gasteiger partial charge in [-0.1, -0.05) is 6.07 Å². The van der Waals surface area contributed by atoms with Crippen molar-refractivity contribution in [3.05, 3.63) is 29.3 Å². The maximum Gasteiger partial charge on any atom is 0.404 e. The zero-order valence-electron chi connectivity index (χ0n) is 15.0. The third kappa shape index (κ3) is 4.11. The largest absolute Gasteiger partial charge is 0.450 e. The first-order valence-corrected chi connectivity index (χ1v) is 8.85. The number of primary amides is 1. The van der Waals surface area contributed by atoms with E-state index in [0.29, 0.717) is 23.2 Å². The Bertz CT molecular complexity index is 852. The number of carbonyl (C=O) groups excluding carboxylic acids is 5. The first kappa shape index (κ1) is 19.3.